The number of amides is 2. The average molecular weight is 270 g/mol. The molecule has 0 saturated heterocycles. The Morgan fingerprint density at radius 2 is 2.00 bits per heavy atom. The minimum absolute atomic E-state index is 0.0429. The molecule has 0 saturated carbocycles. The number of imide groups is 1. The monoisotopic (exact) mass is 270 g/mol. The minimum Gasteiger partial charge on any atom is -0.396 e. The molecule has 2 N–H and O–H groups in total. The van der Waals surface area contributed by atoms with Gasteiger partial charge in [-0.25, -0.2) is 0 Å². The van der Waals surface area contributed by atoms with Crippen LogP contribution in [0.3, 0.4) is 0 Å². The summed E-state index contributed by atoms with van der Waals surface area (Å²) < 4.78 is 0. The molecule has 2 aromatic rings. The van der Waals surface area contributed by atoms with E-state index in [1.54, 1.807) is 0 Å². The van der Waals surface area contributed by atoms with Crippen LogP contribution in [0.15, 0.2) is 36.4 Å². The van der Waals surface area contributed by atoms with E-state index in [9.17, 15) is 9.59 Å². The first-order valence-electron chi connectivity index (χ1n) is 6.47. The van der Waals surface area contributed by atoms with Gasteiger partial charge in [-0.15, -0.1) is 0 Å². The van der Waals surface area contributed by atoms with E-state index in [1.165, 1.54) is 6.08 Å². The van der Waals surface area contributed by atoms with Gasteiger partial charge in [0.15, 0.2) is 0 Å². The Balaban J connectivity index is 1.92. The summed E-state index contributed by atoms with van der Waals surface area (Å²) >= 11 is 0. The van der Waals surface area contributed by atoms with Crippen molar-refractivity contribution < 1.29 is 14.7 Å². The number of H-pyrrole nitrogens is 1. The number of carbonyl (C=O) groups is 2. The number of hydrogen-bond donors (Lipinski definition) is 2. The predicted octanol–water partition coefficient (Wildman–Crippen LogP) is 1.30. The second-order valence-electron chi connectivity index (χ2n) is 4.70. The van der Waals surface area contributed by atoms with Crippen LogP contribution in [0.25, 0.3) is 16.5 Å². The van der Waals surface area contributed by atoms with Gasteiger partial charge in [-0.2, -0.15) is 0 Å². The van der Waals surface area contributed by atoms with Crippen LogP contribution in [0.4, 0.5) is 0 Å². The highest BCUT2D eigenvalue weighted by molar-refractivity contribution is 6.33. The Morgan fingerprint density at radius 1 is 1.20 bits per heavy atom. The number of fused-ring (bicyclic) bond motifs is 1. The number of para-hydroxylation sites is 1. The van der Waals surface area contributed by atoms with Crippen LogP contribution in [0.5, 0.6) is 0 Å². The lowest BCUT2D eigenvalue weighted by Gasteiger charge is -2.13. The van der Waals surface area contributed by atoms with Crippen molar-refractivity contribution in [3.8, 4) is 0 Å². The molecule has 2 heterocycles. The molecule has 0 bridgehead atoms. The third-order valence-electron chi connectivity index (χ3n) is 3.37. The highest BCUT2D eigenvalue weighted by Crippen LogP contribution is 2.26. The van der Waals surface area contributed by atoms with Gasteiger partial charge in [0.25, 0.3) is 11.8 Å². The quantitative estimate of drug-likeness (QED) is 0.822. The van der Waals surface area contributed by atoms with Gasteiger partial charge in [-0.1, -0.05) is 18.2 Å². The number of carbonyl (C=O) groups excluding carboxylic acids is 2. The van der Waals surface area contributed by atoms with Gasteiger partial charge in [0.1, 0.15) is 0 Å². The fourth-order valence-corrected chi connectivity index (χ4v) is 2.36. The molecule has 0 aliphatic carbocycles. The molecule has 20 heavy (non-hydrogen) atoms. The highest BCUT2D eigenvalue weighted by Gasteiger charge is 2.31. The number of benzene rings is 1. The van der Waals surface area contributed by atoms with Crippen molar-refractivity contribution in [1.82, 2.24) is 9.88 Å². The number of aliphatic hydroxyl groups is 1. The van der Waals surface area contributed by atoms with Crippen molar-refractivity contribution in [2.75, 3.05) is 13.2 Å². The minimum atomic E-state index is -0.322. The van der Waals surface area contributed by atoms with Gasteiger partial charge in [-0.3, -0.25) is 14.5 Å². The Kier molecular flexibility index (Phi) is 3.12. The molecular formula is C15H14N2O3. The molecule has 5 heteroatoms. The zero-order valence-electron chi connectivity index (χ0n) is 10.8. The molecule has 0 spiro atoms. The topological polar surface area (TPSA) is 73.4 Å². The lowest BCUT2D eigenvalue weighted by atomic mass is 10.2. The van der Waals surface area contributed by atoms with E-state index in [2.05, 4.69) is 4.98 Å². The lowest BCUT2D eigenvalue weighted by molar-refractivity contribution is -0.136. The molecule has 5 nitrogen and oxygen atoms in total. The van der Waals surface area contributed by atoms with Crippen LogP contribution in [0.1, 0.15) is 12.1 Å². The maximum atomic E-state index is 12.2. The first kappa shape index (κ1) is 12.6. The zero-order valence-corrected chi connectivity index (χ0v) is 10.8. The number of nitrogens with one attached hydrogen (secondary N) is 1. The van der Waals surface area contributed by atoms with Gasteiger partial charge < -0.3 is 10.1 Å². The largest absolute Gasteiger partial charge is 0.396 e. The molecule has 102 valence electrons. The second kappa shape index (κ2) is 4.94. The number of aliphatic hydroxyl groups excluding tert-OH is 1. The first-order chi connectivity index (χ1) is 9.70. The van der Waals surface area contributed by atoms with Gasteiger partial charge in [0, 0.05) is 30.1 Å². The van der Waals surface area contributed by atoms with Crippen LogP contribution in [-0.2, 0) is 9.59 Å². The Morgan fingerprint density at radius 3 is 2.75 bits per heavy atom. The van der Waals surface area contributed by atoms with Gasteiger partial charge in [0.2, 0.25) is 0 Å². The summed E-state index contributed by atoms with van der Waals surface area (Å²) in [7, 11) is 0. The maximum Gasteiger partial charge on any atom is 0.263 e. The Bertz CT molecular complexity index is 682. The van der Waals surface area contributed by atoms with E-state index < -0.39 is 0 Å². The maximum absolute atomic E-state index is 12.2. The van der Waals surface area contributed by atoms with E-state index in [0.717, 1.165) is 15.8 Å². The van der Waals surface area contributed by atoms with Crippen molar-refractivity contribution in [2.24, 2.45) is 0 Å². The van der Waals surface area contributed by atoms with E-state index in [4.69, 9.17) is 5.11 Å². The molecule has 0 atom stereocenters. The van der Waals surface area contributed by atoms with Crippen molar-refractivity contribution in [1.29, 1.82) is 0 Å². The van der Waals surface area contributed by atoms with Crippen LogP contribution < -0.4 is 0 Å². The molecule has 2 amide bonds. The molecule has 3 rings (SSSR count). The third-order valence-corrected chi connectivity index (χ3v) is 3.37. The smallest absolute Gasteiger partial charge is 0.263 e. The zero-order chi connectivity index (χ0) is 14.1. The van der Waals surface area contributed by atoms with Gasteiger partial charge in [-0.05, 0) is 18.6 Å². The molecule has 1 aliphatic heterocycles. The highest BCUT2D eigenvalue weighted by atomic mass is 16.3. The number of hydrogen-bond acceptors (Lipinski definition) is 3. The fraction of sp³-hybridized carbons (Fsp3) is 0.200. The van der Waals surface area contributed by atoms with E-state index in [0.29, 0.717) is 17.7 Å². The molecule has 1 aromatic carbocycles. The van der Waals surface area contributed by atoms with E-state index in [-0.39, 0.29) is 25.0 Å². The summed E-state index contributed by atoms with van der Waals surface area (Å²) in [6, 6.07) is 9.56. The van der Waals surface area contributed by atoms with E-state index in [1.807, 2.05) is 30.3 Å². The molecule has 0 radical (unpaired) electrons. The molecule has 1 aromatic heterocycles. The van der Waals surface area contributed by atoms with Crippen LogP contribution in [-0.4, -0.2) is 40.0 Å². The van der Waals surface area contributed by atoms with Crippen LogP contribution >= 0.6 is 0 Å². The normalized spacial score (nSPS) is 15.2. The predicted molar refractivity (Wildman–Crippen MR) is 74.7 cm³/mol. The summed E-state index contributed by atoms with van der Waals surface area (Å²) in [5, 5.41) is 9.80. The summed E-state index contributed by atoms with van der Waals surface area (Å²) in [6.07, 6.45) is 1.75. The Labute approximate surface area is 115 Å². The summed E-state index contributed by atoms with van der Waals surface area (Å²) in [5.41, 5.74) is 1.96. The van der Waals surface area contributed by atoms with Crippen LogP contribution in [0.2, 0.25) is 0 Å². The first-order valence-corrected chi connectivity index (χ1v) is 6.47. The number of nitrogens with zero attached hydrogens (tertiary/aromatic N) is 1. The summed E-state index contributed by atoms with van der Waals surface area (Å²) in [6.45, 7) is 0.202. The van der Waals surface area contributed by atoms with Crippen LogP contribution in [0, 0.1) is 0 Å². The molecule has 0 unspecified atom stereocenters. The van der Waals surface area contributed by atoms with Crippen molar-refractivity contribution in [2.45, 2.75) is 6.42 Å². The standard InChI is InChI=1S/C15H14N2O3/c18-7-3-6-17-14(19)9-11(15(17)20)13-8-10-4-1-2-5-12(10)16-13/h1-2,4-5,8-9,16,18H,3,6-7H2. The molecule has 0 fully saturated rings. The SMILES string of the molecule is O=C1C=C(c2cc3ccccc3[nH]2)C(=O)N1CCCO. The number of aromatic amines is 1. The van der Waals surface area contributed by atoms with Gasteiger partial charge in [0.05, 0.1) is 11.3 Å². The molecular weight excluding hydrogens is 256 g/mol. The van der Waals surface area contributed by atoms with Crippen molar-refractivity contribution in [3.63, 3.8) is 0 Å². The summed E-state index contributed by atoms with van der Waals surface area (Å²) in [5.74, 6) is -0.632. The molecule has 1 aliphatic rings. The third kappa shape index (κ3) is 2.02. The Hall–Kier alpha value is -2.40. The van der Waals surface area contributed by atoms with E-state index >= 15 is 0 Å². The lowest BCUT2D eigenvalue weighted by Crippen LogP contribution is -2.32. The van der Waals surface area contributed by atoms with Gasteiger partial charge >= 0.3 is 0 Å². The second-order valence-corrected chi connectivity index (χ2v) is 4.70. The van der Waals surface area contributed by atoms with Crippen molar-refractivity contribution >= 4 is 28.3 Å². The average Bonchev–Trinajstić information content (AvgIpc) is 2.98. The summed E-state index contributed by atoms with van der Waals surface area (Å²) in [4.78, 5) is 28.4. The number of aromatic nitrogens is 1. The van der Waals surface area contributed by atoms with Crippen molar-refractivity contribution in [3.05, 3.63) is 42.1 Å². The number of rotatable bonds is 4. The fourth-order valence-electron chi connectivity index (χ4n) is 2.36.